The lowest BCUT2D eigenvalue weighted by atomic mass is 9.87. The van der Waals surface area contributed by atoms with Crippen molar-refractivity contribution in [2.75, 3.05) is 0 Å². The van der Waals surface area contributed by atoms with E-state index in [1.54, 1.807) is 6.07 Å². The number of hydrogen-bond acceptors (Lipinski definition) is 4. The summed E-state index contributed by atoms with van der Waals surface area (Å²) in [6.07, 6.45) is 3.88. The van der Waals surface area contributed by atoms with E-state index in [9.17, 15) is 20.0 Å². The first-order valence-corrected chi connectivity index (χ1v) is 8.83. The predicted octanol–water partition coefficient (Wildman–Crippen LogP) is 4.21. The quantitative estimate of drug-likeness (QED) is 0.652. The normalized spacial score (nSPS) is 20.9. The van der Waals surface area contributed by atoms with Crippen molar-refractivity contribution in [2.24, 2.45) is 0 Å². The molecule has 0 radical (unpaired) electrons. The minimum Gasteiger partial charge on any atom is -0.465 e. The Labute approximate surface area is 151 Å². The lowest BCUT2D eigenvalue weighted by Crippen LogP contribution is -2.52. The van der Waals surface area contributed by atoms with Gasteiger partial charge in [0.1, 0.15) is 0 Å². The number of rotatable bonds is 3. The number of benzene rings is 1. The molecule has 0 spiro atoms. The van der Waals surface area contributed by atoms with E-state index in [-0.39, 0.29) is 17.8 Å². The van der Waals surface area contributed by atoms with Crippen molar-refractivity contribution in [3.63, 3.8) is 0 Å². The van der Waals surface area contributed by atoms with Gasteiger partial charge in [-0.1, -0.05) is 6.07 Å². The van der Waals surface area contributed by atoms with Gasteiger partial charge in [-0.3, -0.25) is 14.8 Å². The second kappa shape index (κ2) is 6.59. The van der Waals surface area contributed by atoms with Crippen LogP contribution >= 0.6 is 0 Å². The van der Waals surface area contributed by atoms with Gasteiger partial charge in [-0.05, 0) is 52.5 Å². The molecule has 1 N–H and O–H groups in total. The average Bonchev–Trinajstić information content (AvgIpc) is 2.97. The van der Waals surface area contributed by atoms with Crippen LogP contribution in [-0.4, -0.2) is 42.4 Å². The SMILES string of the molecule is CC(C)(C)N(C(=O)O)[C@@H]1CCC[C@H](n2ncc3c([N+](=O)[O-])cccc32)C1. The van der Waals surface area contributed by atoms with Crippen LogP contribution in [-0.2, 0) is 0 Å². The number of carboxylic acid groups (broad SMARTS) is 1. The molecule has 1 aromatic carbocycles. The molecule has 2 atom stereocenters. The number of fused-ring (bicyclic) bond motifs is 1. The molecule has 1 amide bonds. The first-order chi connectivity index (χ1) is 12.2. The Morgan fingerprint density at radius 3 is 2.73 bits per heavy atom. The Morgan fingerprint density at radius 1 is 1.38 bits per heavy atom. The number of amides is 1. The zero-order valence-corrected chi connectivity index (χ0v) is 15.3. The maximum atomic E-state index is 11.8. The van der Waals surface area contributed by atoms with Crippen molar-refractivity contribution in [3.05, 3.63) is 34.5 Å². The number of nitro groups is 1. The van der Waals surface area contributed by atoms with Gasteiger partial charge in [0.15, 0.2) is 0 Å². The third kappa shape index (κ3) is 3.23. The smallest absolute Gasteiger partial charge is 0.407 e. The largest absolute Gasteiger partial charge is 0.465 e. The van der Waals surface area contributed by atoms with Crippen LogP contribution in [0.25, 0.3) is 10.9 Å². The lowest BCUT2D eigenvalue weighted by molar-refractivity contribution is -0.383. The van der Waals surface area contributed by atoms with Gasteiger partial charge in [0.2, 0.25) is 0 Å². The van der Waals surface area contributed by atoms with E-state index in [0.717, 1.165) is 24.8 Å². The van der Waals surface area contributed by atoms with Crippen LogP contribution in [0, 0.1) is 10.1 Å². The summed E-state index contributed by atoms with van der Waals surface area (Å²) in [5.74, 6) is 0. The molecule has 0 saturated heterocycles. The summed E-state index contributed by atoms with van der Waals surface area (Å²) in [5.41, 5.74) is 0.286. The fourth-order valence-electron chi connectivity index (χ4n) is 4.09. The summed E-state index contributed by atoms with van der Waals surface area (Å²) in [5, 5.41) is 25.8. The van der Waals surface area contributed by atoms with E-state index >= 15 is 0 Å². The maximum absolute atomic E-state index is 11.8. The molecule has 8 heteroatoms. The van der Waals surface area contributed by atoms with Gasteiger partial charge in [-0.15, -0.1) is 0 Å². The molecule has 1 saturated carbocycles. The van der Waals surface area contributed by atoms with Crippen molar-refractivity contribution in [3.8, 4) is 0 Å². The third-order valence-corrected chi connectivity index (χ3v) is 5.07. The number of non-ortho nitro benzene ring substituents is 1. The van der Waals surface area contributed by atoms with Gasteiger partial charge in [0.05, 0.1) is 28.1 Å². The van der Waals surface area contributed by atoms with Crippen molar-refractivity contribution < 1.29 is 14.8 Å². The van der Waals surface area contributed by atoms with Crippen LogP contribution in [0.15, 0.2) is 24.4 Å². The second-order valence-corrected chi connectivity index (χ2v) is 7.85. The fraction of sp³-hybridized carbons (Fsp3) is 0.556. The Balaban J connectivity index is 1.93. The fourth-order valence-corrected chi connectivity index (χ4v) is 4.09. The van der Waals surface area contributed by atoms with Gasteiger partial charge >= 0.3 is 6.09 Å². The topological polar surface area (TPSA) is 102 Å². The molecule has 1 fully saturated rings. The highest BCUT2D eigenvalue weighted by atomic mass is 16.6. The molecule has 0 bridgehead atoms. The van der Waals surface area contributed by atoms with Gasteiger partial charge in [-0.25, -0.2) is 4.79 Å². The molecule has 8 nitrogen and oxygen atoms in total. The molecule has 140 valence electrons. The van der Waals surface area contributed by atoms with E-state index in [1.807, 2.05) is 31.5 Å². The number of aromatic nitrogens is 2. The Kier molecular flexibility index (Phi) is 4.60. The summed E-state index contributed by atoms with van der Waals surface area (Å²) >= 11 is 0. The second-order valence-electron chi connectivity index (χ2n) is 7.85. The van der Waals surface area contributed by atoms with Gasteiger partial charge in [0.25, 0.3) is 5.69 Å². The average molecular weight is 360 g/mol. The summed E-state index contributed by atoms with van der Waals surface area (Å²) in [7, 11) is 0. The zero-order chi connectivity index (χ0) is 19.1. The maximum Gasteiger partial charge on any atom is 0.407 e. The number of carbonyl (C=O) groups is 1. The molecular weight excluding hydrogens is 336 g/mol. The summed E-state index contributed by atoms with van der Waals surface area (Å²) < 4.78 is 1.83. The van der Waals surface area contributed by atoms with E-state index in [4.69, 9.17) is 0 Å². The molecule has 0 aliphatic heterocycles. The molecule has 1 heterocycles. The molecule has 26 heavy (non-hydrogen) atoms. The Hall–Kier alpha value is -2.64. The summed E-state index contributed by atoms with van der Waals surface area (Å²) in [4.78, 5) is 24.2. The highest BCUT2D eigenvalue weighted by molar-refractivity contribution is 5.87. The van der Waals surface area contributed by atoms with Crippen LogP contribution in [0.5, 0.6) is 0 Å². The predicted molar refractivity (Wildman–Crippen MR) is 97.3 cm³/mol. The van der Waals surface area contributed by atoms with Gasteiger partial charge in [-0.2, -0.15) is 5.10 Å². The minimum atomic E-state index is -0.913. The van der Waals surface area contributed by atoms with E-state index in [2.05, 4.69) is 5.10 Å². The van der Waals surface area contributed by atoms with Crippen LogP contribution in [0.2, 0.25) is 0 Å². The van der Waals surface area contributed by atoms with Crippen LogP contribution < -0.4 is 0 Å². The van der Waals surface area contributed by atoms with Crippen molar-refractivity contribution in [1.82, 2.24) is 14.7 Å². The molecule has 1 aliphatic carbocycles. The molecular formula is C18H24N4O4. The van der Waals surface area contributed by atoms with Crippen molar-refractivity contribution in [2.45, 2.75) is 64.1 Å². The highest BCUT2D eigenvalue weighted by Gasteiger charge is 2.37. The summed E-state index contributed by atoms with van der Waals surface area (Å²) in [6, 6.07) is 4.90. The number of hydrogen-bond donors (Lipinski definition) is 1. The van der Waals surface area contributed by atoms with Crippen LogP contribution in [0.4, 0.5) is 10.5 Å². The first-order valence-electron chi connectivity index (χ1n) is 8.83. The first kappa shape index (κ1) is 18.2. The van der Waals surface area contributed by atoms with Crippen LogP contribution in [0.3, 0.4) is 0 Å². The zero-order valence-electron chi connectivity index (χ0n) is 15.3. The molecule has 1 aromatic heterocycles. The highest BCUT2D eigenvalue weighted by Crippen LogP contribution is 2.36. The monoisotopic (exact) mass is 360 g/mol. The molecule has 2 aromatic rings. The molecule has 3 rings (SSSR count). The minimum absolute atomic E-state index is 0.0254. The number of nitrogens with zero attached hydrogens (tertiary/aromatic N) is 4. The van der Waals surface area contributed by atoms with Gasteiger partial charge < -0.3 is 10.0 Å². The Morgan fingerprint density at radius 2 is 2.12 bits per heavy atom. The van der Waals surface area contributed by atoms with E-state index < -0.39 is 16.6 Å². The van der Waals surface area contributed by atoms with Crippen LogP contribution in [0.1, 0.15) is 52.5 Å². The Bertz CT molecular complexity index is 839. The van der Waals surface area contributed by atoms with E-state index in [1.165, 1.54) is 17.2 Å². The lowest BCUT2D eigenvalue weighted by Gasteiger charge is -2.43. The van der Waals surface area contributed by atoms with Gasteiger partial charge in [0, 0.05) is 17.6 Å². The molecule has 1 aliphatic rings. The van der Waals surface area contributed by atoms with Crippen molar-refractivity contribution >= 4 is 22.7 Å². The van der Waals surface area contributed by atoms with E-state index in [0.29, 0.717) is 11.8 Å². The third-order valence-electron chi connectivity index (χ3n) is 5.07. The molecule has 0 unspecified atom stereocenters. The summed E-state index contributed by atoms with van der Waals surface area (Å²) in [6.45, 7) is 5.70. The standard InChI is InChI=1S/C18H24N4O4/c1-18(2,3)20(17(23)24)12-6-4-7-13(10-12)21-15-8-5-9-16(22(25)26)14(15)11-19-21/h5,8-9,11-13H,4,6-7,10H2,1-3H3,(H,23,24)/t12-,13+/m1/s1. The van der Waals surface area contributed by atoms with Crippen molar-refractivity contribution in [1.29, 1.82) is 0 Å². The number of nitro benzene ring substituents is 1.